The highest BCUT2D eigenvalue weighted by Gasteiger charge is 2.36. The first kappa shape index (κ1) is 21.8. The molecular formula is C25H28Cl2N2. The Morgan fingerprint density at radius 2 is 2.00 bits per heavy atom. The maximum atomic E-state index is 9.78. The Morgan fingerprint density at radius 1 is 1.28 bits per heavy atom. The van der Waals surface area contributed by atoms with Crippen molar-refractivity contribution in [1.29, 1.82) is 5.26 Å². The summed E-state index contributed by atoms with van der Waals surface area (Å²) in [5.41, 5.74) is 6.30. The lowest BCUT2D eigenvalue weighted by Crippen LogP contribution is -2.48. The number of aryl methyl sites for hydroxylation is 1. The van der Waals surface area contributed by atoms with E-state index in [1.807, 2.05) is 12.1 Å². The molecule has 1 atom stereocenters. The molecule has 0 N–H and O–H groups in total. The van der Waals surface area contributed by atoms with E-state index in [0.29, 0.717) is 27.1 Å². The molecule has 0 aromatic heterocycles. The summed E-state index contributed by atoms with van der Waals surface area (Å²) < 4.78 is 0. The number of hydrogen-bond donors (Lipinski definition) is 0. The van der Waals surface area contributed by atoms with Crippen LogP contribution in [0, 0.1) is 18.3 Å². The monoisotopic (exact) mass is 426 g/mol. The standard InChI is InChI=1S/C25H28Cl2N2/c1-6-9-29-24-10-16(2)18(12-22(24)17(3)14-25(29,4)5)11-19(15-28)21-8-7-20(26)13-23(21)27/h7-8,10-13,17H,6,9,14H2,1-5H3/b19-11+. The molecule has 0 saturated carbocycles. The average Bonchev–Trinajstić information content (AvgIpc) is 2.64. The second-order valence-corrected chi connectivity index (χ2v) is 9.47. The van der Waals surface area contributed by atoms with Crippen LogP contribution < -0.4 is 4.90 Å². The van der Waals surface area contributed by atoms with Gasteiger partial charge < -0.3 is 4.90 Å². The molecule has 3 rings (SSSR count). The van der Waals surface area contributed by atoms with Crippen LogP contribution in [-0.4, -0.2) is 12.1 Å². The molecule has 1 aliphatic heterocycles. The van der Waals surface area contributed by atoms with Gasteiger partial charge in [0.15, 0.2) is 0 Å². The van der Waals surface area contributed by atoms with Gasteiger partial charge in [-0.3, -0.25) is 0 Å². The SMILES string of the molecule is CCCN1c2cc(C)c(/C=C(\C#N)c3ccc(Cl)cc3Cl)cc2C(C)CC1(C)C. The number of anilines is 1. The van der Waals surface area contributed by atoms with E-state index in [0.717, 1.165) is 30.5 Å². The van der Waals surface area contributed by atoms with Crippen LogP contribution in [0.4, 0.5) is 5.69 Å². The topological polar surface area (TPSA) is 27.0 Å². The van der Waals surface area contributed by atoms with E-state index < -0.39 is 0 Å². The van der Waals surface area contributed by atoms with E-state index >= 15 is 0 Å². The predicted molar refractivity (Wildman–Crippen MR) is 126 cm³/mol. The molecule has 0 fully saturated rings. The maximum Gasteiger partial charge on any atom is 0.0998 e. The summed E-state index contributed by atoms with van der Waals surface area (Å²) in [6.07, 6.45) is 4.17. The van der Waals surface area contributed by atoms with E-state index in [4.69, 9.17) is 23.2 Å². The molecule has 1 heterocycles. The smallest absolute Gasteiger partial charge is 0.0998 e. The summed E-state index contributed by atoms with van der Waals surface area (Å²) in [5.74, 6) is 0.463. The van der Waals surface area contributed by atoms with Crippen molar-refractivity contribution in [1.82, 2.24) is 0 Å². The van der Waals surface area contributed by atoms with Gasteiger partial charge in [-0.25, -0.2) is 0 Å². The molecule has 0 spiro atoms. The van der Waals surface area contributed by atoms with Crippen LogP contribution in [0.25, 0.3) is 11.6 Å². The fraction of sp³-hybridized carbons (Fsp3) is 0.400. The Labute approximate surface area is 184 Å². The van der Waals surface area contributed by atoms with Crippen molar-refractivity contribution in [3.05, 3.63) is 62.6 Å². The third-order valence-corrected chi connectivity index (χ3v) is 6.41. The Kier molecular flexibility index (Phi) is 6.32. The minimum absolute atomic E-state index is 0.140. The number of rotatable bonds is 4. The fourth-order valence-electron chi connectivity index (χ4n) is 4.49. The number of allylic oxidation sites excluding steroid dienone is 1. The Morgan fingerprint density at radius 3 is 2.62 bits per heavy atom. The Hall–Kier alpha value is -1.95. The van der Waals surface area contributed by atoms with Crippen LogP contribution in [0.15, 0.2) is 30.3 Å². The molecule has 4 heteroatoms. The summed E-state index contributed by atoms with van der Waals surface area (Å²) in [6, 6.07) is 12.1. The van der Waals surface area contributed by atoms with Crippen molar-refractivity contribution in [2.75, 3.05) is 11.4 Å². The molecular weight excluding hydrogens is 399 g/mol. The maximum absolute atomic E-state index is 9.78. The number of benzene rings is 2. The van der Waals surface area contributed by atoms with Gasteiger partial charge in [0.25, 0.3) is 0 Å². The first-order valence-corrected chi connectivity index (χ1v) is 10.9. The third kappa shape index (κ3) is 4.32. The molecule has 0 aliphatic carbocycles. The van der Waals surface area contributed by atoms with Crippen molar-refractivity contribution in [3.8, 4) is 6.07 Å². The van der Waals surface area contributed by atoms with Crippen molar-refractivity contribution in [3.63, 3.8) is 0 Å². The molecule has 2 nitrogen and oxygen atoms in total. The molecule has 1 aliphatic rings. The van der Waals surface area contributed by atoms with E-state index in [9.17, 15) is 5.26 Å². The van der Waals surface area contributed by atoms with E-state index in [1.54, 1.807) is 12.1 Å². The number of halogens is 2. The highest BCUT2D eigenvalue weighted by Crippen LogP contribution is 2.44. The minimum Gasteiger partial charge on any atom is -0.366 e. The van der Waals surface area contributed by atoms with Gasteiger partial charge in [-0.2, -0.15) is 5.26 Å². The molecule has 0 amide bonds. The summed E-state index contributed by atoms with van der Waals surface area (Å²) in [5, 5.41) is 10.8. The largest absolute Gasteiger partial charge is 0.366 e. The fourth-order valence-corrected chi connectivity index (χ4v) is 5.00. The summed E-state index contributed by atoms with van der Waals surface area (Å²) in [4.78, 5) is 2.55. The molecule has 152 valence electrons. The van der Waals surface area contributed by atoms with Gasteiger partial charge in [0.2, 0.25) is 0 Å². The van der Waals surface area contributed by atoms with Crippen LogP contribution in [0.1, 0.15) is 68.7 Å². The summed E-state index contributed by atoms with van der Waals surface area (Å²) >= 11 is 12.4. The first-order chi connectivity index (χ1) is 13.7. The zero-order valence-corrected chi connectivity index (χ0v) is 19.3. The van der Waals surface area contributed by atoms with Gasteiger partial charge in [0, 0.05) is 28.4 Å². The lowest BCUT2D eigenvalue weighted by atomic mass is 9.78. The molecule has 0 saturated heterocycles. The number of nitrogens with zero attached hydrogens (tertiary/aromatic N) is 2. The molecule has 29 heavy (non-hydrogen) atoms. The van der Waals surface area contributed by atoms with Crippen LogP contribution in [-0.2, 0) is 0 Å². The second-order valence-electron chi connectivity index (χ2n) is 8.63. The Balaban J connectivity index is 2.12. The van der Waals surface area contributed by atoms with Crippen molar-refractivity contribution in [2.24, 2.45) is 0 Å². The van der Waals surface area contributed by atoms with Gasteiger partial charge in [-0.15, -0.1) is 0 Å². The van der Waals surface area contributed by atoms with Crippen molar-refractivity contribution >= 4 is 40.5 Å². The van der Waals surface area contributed by atoms with Gasteiger partial charge in [-0.05, 0) is 86.6 Å². The van der Waals surface area contributed by atoms with Crippen LogP contribution in [0.2, 0.25) is 10.0 Å². The van der Waals surface area contributed by atoms with Crippen LogP contribution in [0.5, 0.6) is 0 Å². The van der Waals surface area contributed by atoms with Gasteiger partial charge >= 0.3 is 0 Å². The first-order valence-electron chi connectivity index (χ1n) is 10.2. The third-order valence-electron chi connectivity index (χ3n) is 5.86. The predicted octanol–water partition coefficient (Wildman–Crippen LogP) is 7.87. The van der Waals surface area contributed by atoms with E-state index in [1.165, 1.54) is 11.3 Å². The minimum atomic E-state index is 0.140. The molecule has 2 aromatic carbocycles. The zero-order valence-electron chi connectivity index (χ0n) is 17.8. The normalized spacial score (nSPS) is 18.3. The molecule has 1 unspecified atom stereocenters. The highest BCUT2D eigenvalue weighted by molar-refractivity contribution is 6.36. The summed E-state index contributed by atoms with van der Waals surface area (Å²) in [6.45, 7) is 12.4. The van der Waals surface area contributed by atoms with Crippen molar-refractivity contribution in [2.45, 2.75) is 58.9 Å². The zero-order chi connectivity index (χ0) is 21.3. The number of nitriles is 1. The van der Waals surface area contributed by atoms with Gasteiger partial charge in [-0.1, -0.05) is 43.1 Å². The van der Waals surface area contributed by atoms with E-state index in [-0.39, 0.29) is 5.54 Å². The summed E-state index contributed by atoms with van der Waals surface area (Å²) in [7, 11) is 0. The van der Waals surface area contributed by atoms with E-state index in [2.05, 4.69) is 57.7 Å². The van der Waals surface area contributed by atoms with Crippen molar-refractivity contribution < 1.29 is 0 Å². The van der Waals surface area contributed by atoms with Crippen LogP contribution in [0.3, 0.4) is 0 Å². The molecule has 2 aromatic rings. The van der Waals surface area contributed by atoms with Gasteiger partial charge in [0.1, 0.15) is 0 Å². The number of hydrogen-bond acceptors (Lipinski definition) is 2. The lowest BCUT2D eigenvalue weighted by Gasteiger charge is -2.48. The molecule has 0 bridgehead atoms. The highest BCUT2D eigenvalue weighted by atomic mass is 35.5. The van der Waals surface area contributed by atoms with Crippen LogP contribution >= 0.6 is 23.2 Å². The quantitative estimate of drug-likeness (QED) is 0.367. The molecule has 0 radical (unpaired) electrons. The number of fused-ring (bicyclic) bond motifs is 1. The second kappa shape index (κ2) is 8.42. The Bertz CT molecular complexity index is 999. The lowest BCUT2D eigenvalue weighted by molar-refractivity contribution is 0.376. The average molecular weight is 427 g/mol. The van der Waals surface area contributed by atoms with Gasteiger partial charge in [0.05, 0.1) is 16.7 Å².